The number of amides is 2. The molecule has 0 spiro atoms. The Labute approximate surface area is 159 Å². The Morgan fingerprint density at radius 3 is 2.59 bits per heavy atom. The maximum absolute atomic E-state index is 12.5. The Bertz CT molecular complexity index is 739. The van der Waals surface area contributed by atoms with Gasteiger partial charge in [0, 0.05) is 38.6 Å². The van der Waals surface area contributed by atoms with Gasteiger partial charge in [-0.3, -0.25) is 9.59 Å². The fourth-order valence-electron chi connectivity index (χ4n) is 4.26. The first kappa shape index (κ1) is 18.2. The summed E-state index contributed by atoms with van der Waals surface area (Å²) in [6, 6.07) is 2.33. The van der Waals surface area contributed by atoms with Crippen molar-refractivity contribution < 1.29 is 14.3 Å². The van der Waals surface area contributed by atoms with Crippen molar-refractivity contribution in [3.05, 3.63) is 22.9 Å². The first-order chi connectivity index (χ1) is 13.1. The summed E-state index contributed by atoms with van der Waals surface area (Å²) in [5.41, 5.74) is 6.95. The third-order valence-corrected chi connectivity index (χ3v) is 6.20. The van der Waals surface area contributed by atoms with Gasteiger partial charge in [-0.25, -0.2) is 4.98 Å². The van der Waals surface area contributed by atoms with E-state index < -0.39 is 5.91 Å². The molecule has 3 heterocycles. The molecule has 1 saturated carbocycles. The summed E-state index contributed by atoms with van der Waals surface area (Å²) in [5.74, 6) is -0.399. The predicted octanol–water partition coefficient (Wildman–Crippen LogP) is 1.59. The van der Waals surface area contributed by atoms with Gasteiger partial charge in [-0.15, -0.1) is 0 Å². The van der Waals surface area contributed by atoms with Gasteiger partial charge in [0.15, 0.2) is 0 Å². The summed E-state index contributed by atoms with van der Waals surface area (Å²) in [5, 5.41) is 0. The molecule has 0 unspecified atom stereocenters. The number of piperidine rings is 1. The molecule has 0 atom stereocenters. The summed E-state index contributed by atoms with van der Waals surface area (Å²) in [4.78, 5) is 33.4. The highest BCUT2D eigenvalue weighted by atomic mass is 16.5. The summed E-state index contributed by atoms with van der Waals surface area (Å²) in [6.07, 6.45) is 6.53. The lowest BCUT2D eigenvalue weighted by Gasteiger charge is -2.41. The van der Waals surface area contributed by atoms with Crippen LogP contribution in [0.5, 0.6) is 5.88 Å². The number of primary amides is 1. The number of rotatable bonds is 5. The molecule has 146 valence electrons. The quantitative estimate of drug-likeness (QED) is 0.848. The molecule has 0 aromatic carbocycles. The standard InChI is InChI=1S/C20H28N4O3/c1-2-23-11-8-17-15(20(23)26)12-16(18(21)25)19(22-17)27-14-6-9-24(10-7-14)13-4-3-5-13/h12-14H,2-11H2,1H3,(H2,21,25). The van der Waals surface area contributed by atoms with E-state index in [1.807, 2.05) is 6.92 Å². The van der Waals surface area contributed by atoms with Crippen molar-refractivity contribution in [2.45, 2.75) is 57.6 Å². The van der Waals surface area contributed by atoms with Crippen LogP contribution in [0.1, 0.15) is 65.4 Å². The molecule has 0 radical (unpaired) electrons. The average molecular weight is 372 g/mol. The number of ether oxygens (including phenoxy) is 1. The molecular weight excluding hydrogens is 344 g/mol. The average Bonchev–Trinajstić information content (AvgIpc) is 2.62. The number of carbonyl (C=O) groups is 2. The SMILES string of the molecule is CCN1CCc2nc(OC3CCN(C4CCC4)CC3)c(C(N)=O)cc2C1=O. The molecule has 7 nitrogen and oxygen atoms in total. The second kappa shape index (κ2) is 7.46. The number of aromatic nitrogens is 1. The fourth-order valence-corrected chi connectivity index (χ4v) is 4.26. The third kappa shape index (κ3) is 3.52. The zero-order valence-corrected chi connectivity index (χ0v) is 15.9. The van der Waals surface area contributed by atoms with E-state index in [0.717, 1.165) is 32.0 Å². The lowest BCUT2D eigenvalue weighted by Crippen LogP contribution is -2.47. The minimum atomic E-state index is -0.603. The van der Waals surface area contributed by atoms with E-state index >= 15 is 0 Å². The van der Waals surface area contributed by atoms with Crippen LogP contribution in [0.4, 0.5) is 0 Å². The molecule has 3 aliphatic rings. The Morgan fingerprint density at radius 2 is 2.00 bits per heavy atom. The molecule has 1 saturated heterocycles. The van der Waals surface area contributed by atoms with Crippen molar-refractivity contribution in [3.8, 4) is 5.88 Å². The predicted molar refractivity (Wildman–Crippen MR) is 101 cm³/mol. The number of likely N-dealkylation sites (tertiary alicyclic amines) is 1. The van der Waals surface area contributed by atoms with Crippen LogP contribution in [0.2, 0.25) is 0 Å². The minimum Gasteiger partial charge on any atom is -0.474 e. The Kier molecular flexibility index (Phi) is 5.04. The molecule has 2 amide bonds. The summed E-state index contributed by atoms with van der Waals surface area (Å²) >= 11 is 0. The zero-order valence-electron chi connectivity index (χ0n) is 15.9. The number of nitrogens with zero attached hydrogens (tertiary/aromatic N) is 3. The van der Waals surface area contributed by atoms with Crippen molar-refractivity contribution in [2.75, 3.05) is 26.2 Å². The second-order valence-electron chi connectivity index (χ2n) is 7.77. The van der Waals surface area contributed by atoms with Gasteiger partial charge in [0.1, 0.15) is 11.7 Å². The van der Waals surface area contributed by atoms with E-state index in [2.05, 4.69) is 9.88 Å². The Balaban J connectivity index is 1.51. The zero-order chi connectivity index (χ0) is 19.0. The molecule has 1 aliphatic carbocycles. The fraction of sp³-hybridized carbons (Fsp3) is 0.650. The van der Waals surface area contributed by atoms with Crippen LogP contribution in [0.25, 0.3) is 0 Å². The maximum atomic E-state index is 12.5. The van der Waals surface area contributed by atoms with E-state index in [9.17, 15) is 9.59 Å². The molecule has 27 heavy (non-hydrogen) atoms. The largest absolute Gasteiger partial charge is 0.474 e. The number of hydrogen-bond donors (Lipinski definition) is 1. The summed E-state index contributed by atoms with van der Waals surface area (Å²) in [7, 11) is 0. The van der Waals surface area contributed by atoms with E-state index in [0.29, 0.717) is 36.6 Å². The van der Waals surface area contributed by atoms with Crippen LogP contribution in [0.15, 0.2) is 6.07 Å². The number of fused-ring (bicyclic) bond motifs is 1. The van der Waals surface area contributed by atoms with Crippen molar-refractivity contribution >= 4 is 11.8 Å². The highest BCUT2D eigenvalue weighted by molar-refractivity contribution is 6.01. The Hall–Kier alpha value is -2.15. The lowest BCUT2D eigenvalue weighted by molar-refractivity contribution is 0.0468. The van der Waals surface area contributed by atoms with Crippen LogP contribution in [0, 0.1) is 0 Å². The van der Waals surface area contributed by atoms with Gasteiger partial charge in [-0.05, 0) is 38.7 Å². The first-order valence-electron chi connectivity index (χ1n) is 10.1. The van der Waals surface area contributed by atoms with Gasteiger partial charge in [0.25, 0.3) is 11.8 Å². The van der Waals surface area contributed by atoms with Crippen LogP contribution in [-0.2, 0) is 6.42 Å². The van der Waals surface area contributed by atoms with Crippen molar-refractivity contribution in [2.24, 2.45) is 5.73 Å². The van der Waals surface area contributed by atoms with E-state index in [4.69, 9.17) is 10.5 Å². The number of likely N-dealkylation sites (N-methyl/N-ethyl adjacent to an activating group) is 1. The van der Waals surface area contributed by atoms with Crippen LogP contribution >= 0.6 is 0 Å². The van der Waals surface area contributed by atoms with Crippen LogP contribution in [0.3, 0.4) is 0 Å². The topological polar surface area (TPSA) is 88.8 Å². The third-order valence-electron chi connectivity index (χ3n) is 6.20. The maximum Gasteiger partial charge on any atom is 0.255 e. The normalized spacial score (nSPS) is 21.7. The van der Waals surface area contributed by atoms with Gasteiger partial charge in [-0.1, -0.05) is 6.42 Å². The second-order valence-corrected chi connectivity index (χ2v) is 7.77. The Morgan fingerprint density at radius 1 is 1.26 bits per heavy atom. The molecule has 1 aromatic heterocycles. The number of pyridine rings is 1. The van der Waals surface area contributed by atoms with Gasteiger partial charge < -0.3 is 20.3 Å². The highest BCUT2D eigenvalue weighted by Crippen LogP contribution is 2.30. The minimum absolute atomic E-state index is 0.0383. The highest BCUT2D eigenvalue weighted by Gasteiger charge is 2.31. The number of hydrogen-bond acceptors (Lipinski definition) is 5. The smallest absolute Gasteiger partial charge is 0.255 e. The summed E-state index contributed by atoms with van der Waals surface area (Å²) < 4.78 is 6.12. The van der Waals surface area contributed by atoms with E-state index in [1.165, 1.54) is 19.3 Å². The summed E-state index contributed by atoms with van der Waals surface area (Å²) in [6.45, 7) is 5.28. The number of carbonyl (C=O) groups excluding carboxylic acids is 2. The van der Waals surface area contributed by atoms with E-state index in [1.54, 1.807) is 11.0 Å². The molecule has 7 heteroatoms. The molecule has 2 N–H and O–H groups in total. The number of nitrogens with two attached hydrogens (primary N) is 1. The van der Waals surface area contributed by atoms with E-state index in [-0.39, 0.29) is 17.6 Å². The van der Waals surface area contributed by atoms with Gasteiger partial charge >= 0.3 is 0 Å². The monoisotopic (exact) mass is 372 g/mol. The van der Waals surface area contributed by atoms with Crippen molar-refractivity contribution in [3.63, 3.8) is 0 Å². The molecule has 1 aromatic rings. The molecule has 0 bridgehead atoms. The van der Waals surface area contributed by atoms with Gasteiger partial charge in [0.05, 0.1) is 11.3 Å². The van der Waals surface area contributed by atoms with Crippen molar-refractivity contribution in [1.82, 2.24) is 14.8 Å². The van der Waals surface area contributed by atoms with Gasteiger partial charge in [-0.2, -0.15) is 0 Å². The molecular formula is C20H28N4O3. The molecule has 2 aliphatic heterocycles. The van der Waals surface area contributed by atoms with Crippen LogP contribution < -0.4 is 10.5 Å². The lowest BCUT2D eigenvalue weighted by atomic mass is 9.90. The molecule has 2 fully saturated rings. The van der Waals surface area contributed by atoms with Crippen LogP contribution in [-0.4, -0.2) is 64.9 Å². The van der Waals surface area contributed by atoms with Gasteiger partial charge in [0.2, 0.25) is 5.88 Å². The molecule has 4 rings (SSSR count). The van der Waals surface area contributed by atoms with Crippen molar-refractivity contribution in [1.29, 1.82) is 0 Å². The first-order valence-corrected chi connectivity index (χ1v) is 10.1.